The van der Waals surface area contributed by atoms with Crippen LogP contribution < -0.4 is 10.1 Å². The Bertz CT molecular complexity index is 1320. The van der Waals surface area contributed by atoms with Gasteiger partial charge in [0.15, 0.2) is 0 Å². The zero-order chi connectivity index (χ0) is 26.6. The SMILES string of the molecule is Cc1ccc(S(=O)(=O)N2CCN(C)CC2)cc1C(=O)NCCOc1ccc(S(=O)(=O)N2CCCC2)cc1. The highest BCUT2D eigenvalue weighted by atomic mass is 32.2. The smallest absolute Gasteiger partial charge is 0.251 e. The molecule has 2 aliphatic rings. The highest BCUT2D eigenvalue weighted by Gasteiger charge is 2.29. The molecule has 2 aromatic carbocycles. The zero-order valence-electron chi connectivity index (χ0n) is 21.2. The van der Waals surface area contributed by atoms with E-state index in [0.29, 0.717) is 56.1 Å². The lowest BCUT2D eigenvalue weighted by atomic mass is 10.1. The van der Waals surface area contributed by atoms with Gasteiger partial charge in [0.1, 0.15) is 12.4 Å². The van der Waals surface area contributed by atoms with Crippen LogP contribution in [0.1, 0.15) is 28.8 Å². The van der Waals surface area contributed by atoms with Crippen molar-refractivity contribution in [1.82, 2.24) is 18.8 Å². The van der Waals surface area contributed by atoms with Gasteiger partial charge in [-0.3, -0.25) is 4.79 Å². The number of nitrogens with one attached hydrogen (secondary N) is 1. The number of ether oxygens (including phenoxy) is 1. The first-order chi connectivity index (χ1) is 17.6. The van der Waals surface area contributed by atoms with E-state index >= 15 is 0 Å². The molecule has 2 heterocycles. The van der Waals surface area contributed by atoms with Gasteiger partial charge >= 0.3 is 0 Å². The number of hydrogen-bond acceptors (Lipinski definition) is 7. The molecule has 202 valence electrons. The topological polar surface area (TPSA) is 116 Å². The van der Waals surface area contributed by atoms with E-state index in [-0.39, 0.29) is 28.8 Å². The quantitative estimate of drug-likeness (QED) is 0.471. The monoisotopic (exact) mass is 550 g/mol. The molecule has 0 radical (unpaired) electrons. The van der Waals surface area contributed by atoms with Crippen LogP contribution in [-0.2, 0) is 20.0 Å². The summed E-state index contributed by atoms with van der Waals surface area (Å²) in [6, 6.07) is 10.9. The Morgan fingerprint density at radius 2 is 1.41 bits per heavy atom. The fourth-order valence-corrected chi connectivity index (χ4v) is 7.36. The van der Waals surface area contributed by atoms with Crippen molar-refractivity contribution >= 4 is 26.0 Å². The summed E-state index contributed by atoms with van der Waals surface area (Å²) in [6.45, 7) is 5.37. The van der Waals surface area contributed by atoms with Gasteiger partial charge in [0.2, 0.25) is 20.0 Å². The van der Waals surface area contributed by atoms with Crippen LogP contribution in [0, 0.1) is 6.92 Å². The van der Waals surface area contributed by atoms with Crippen molar-refractivity contribution in [1.29, 1.82) is 0 Å². The number of hydrogen-bond donors (Lipinski definition) is 1. The summed E-state index contributed by atoms with van der Waals surface area (Å²) in [5, 5.41) is 2.77. The van der Waals surface area contributed by atoms with E-state index in [1.54, 1.807) is 25.1 Å². The molecule has 2 aliphatic heterocycles. The third kappa shape index (κ3) is 6.32. The summed E-state index contributed by atoms with van der Waals surface area (Å²) in [6.07, 6.45) is 1.75. The minimum atomic E-state index is -3.68. The molecule has 12 heteroatoms. The average molecular weight is 551 g/mol. The van der Waals surface area contributed by atoms with Gasteiger partial charge in [0.05, 0.1) is 16.3 Å². The van der Waals surface area contributed by atoms with E-state index in [2.05, 4.69) is 10.2 Å². The van der Waals surface area contributed by atoms with E-state index in [0.717, 1.165) is 12.8 Å². The molecule has 2 saturated heterocycles. The Balaban J connectivity index is 1.32. The number of rotatable bonds is 9. The van der Waals surface area contributed by atoms with Crippen molar-refractivity contribution < 1.29 is 26.4 Å². The third-order valence-electron chi connectivity index (χ3n) is 6.74. The van der Waals surface area contributed by atoms with E-state index in [9.17, 15) is 21.6 Å². The Morgan fingerprint density at radius 1 is 0.838 bits per heavy atom. The lowest BCUT2D eigenvalue weighted by molar-refractivity contribution is 0.0946. The number of aryl methyl sites for hydroxylation is 1. The Kier molecular flexibility index (Phi) is 8.54. The summed E-state index contributed by atoms with van der Waals surface area (Å²) >= 11 is 0. The van der Waals surface area contributed by atoms with Crippen molar-refractivity contribution in [3.8, 4) is 5.75 Å². The molecule has 0 spiro atoms. The van der Waals surface area contributed by atoms with Crippen molar-refractivity contribution in [2.45, 2.75) is 29.6 Å². The summed E-state index contributed by atoms with van der Waals surface area (Å²) in [5.74, 6) is 0.106. The van der Waals surface area contributed by atoms with Gasteiger partial charge in [-0.2, -0.15) is 8.61 Å². The minimum absolute atomic E-state index is 0.105. The third-order valence-corrected chi connectivity index (χ3v) is 10.5. The number of carbonyl (C=O) groups is 1. The van der Waals surface area contributed by atoms with Gasteiger partial charge in [-0.05, 0) is 68.8 Å². The Morgan fingerprint density at radius 3 is 2.05 bits per heavy atom. The van der Waals surface area contributed by atoms with Crippen molar-refractivity contribution in [3.05, 3.63) is 53.6 Å². The van der Waals surface area contributed by atoms with Crippen LogP contribution in [0.2, 0.25) is 0 Å². The fraction of sp³-hybridized carbons (Fsp3) is 0.480. The van der Waals surface area contributed by atoms with Crippen molar-refractivity contribution in [3.63, 3.8) is 0 Å². The fourth-order valence-electron chi connectivity index (χ4n) is 4.40. The van der Waals surface area contributed by atoms with E-state index in [1.807, 2.05) is 7.05 Å². The summed E-state index contributed by atoms with van der Waals surface area (Å²) in [4.78, 5) is 15.2. The number of sulfonamides is 2. The molecular weight excluding hydrogens is 516 g/mol. The second-order valence-corrected chi connectivity index (χ2v) is 13.2. The summed E-state index contributed by atoms with van der Waals surface area (Å²) in [5.41, 5.74) is 0.970. The van der Waals surface area contributed by atoms with Gasteiger partial charge in [-0.15, -0.1) is 0 Å². The minimum Gasteiger partial charge on any atom is -0.492 e. The van der Waals surface area contributed by atoms with Crippen LogP contribution in [-0.4, -0.2) is 95.7 Å². The normalized spacial score (nSPS) is 18.1. The highest BCUT2D eigenvalue weighted by Crippen LogP contribution is 2.23. The number of likely N-dealkylation sites (N-methyl/N-ethyl adjacent to an activating group) is 1. The first-order valence-electron chi connectivity index (χ1n) is 12.4. The number of nitrogens with zero attached hydrogens (tertiary/aromatic N) is 3. The van der Waals surface area contributed by atoms with E-state index < -0.39 is 20.0 Å². The Labute approximate surface area is 219 Å². The van der Waals surface area contributed by atoms with Crippen molar-refractivity contribution in [2.24, 2.45) is 0 Å². The molecule has 1 N–H and O–H groups in total. The molecule has 37 heavy (non-hydrogen) atoms. The van der Waals surface area contributed by atoms with Crippen LogP contribution >= 0.6 is 0 Å². The highest BCUT2D eigenvalue weighted by molar-refractivity contribution is 7.89. The maximum absolute atomic E-state index is 13.1. The first-order valence-corrected chi connectivity index (χ1v) is 15.3. The molecule has 10 nitrogen and oxygen atoms in total. The molecule has 0 atom stereocenters. The van der Waals surface area contributed by atoms with Gasteiger partial charge in [-0.25, -0.2) is 16.8 Å². The Hall–Kier alpha value is -2.51. The van der Waals surface area contributed by atoms with Gasteiger partial charge in [0.25, 0.3) is 5.91 Å². The predicted molar refractivity (Wildman–Crippen MR) is 140 cm³/mol. The number of carbonyl (C=O) groups excluding carboxylic acids is 1. The van der Waals surface area contributed by atoms with Crippen LogP contribution in [0.3, 0.4) is 0 Å². The van der Waals surface area contributed by atoms with Crippen LogP contribution in [0.25, 0.3) is 0 Å². The second kappa shape index (κ2) is 11.5. The number of benzene rings is 2. The summed E-state index contributed by atoms with van der Waals surface area (Å²) < 4.78 is 60.0. The van der Waals surface area contributed by atoms with Crippen molar-refractivity contribution in [2.75, 3.05) is 59.5 Å². The molecule has 0 aliphatic carbocycles. The summed E-state index contributed by atoms with van der Waals surface area (Å²) in [7, 11) is -5.21. The second-order valence-electron chi connectivity index (χ2n) is 9.37. The standard InChI is InChI=1S/C25H34N4O6S2/c1-20-5-8-23(37(33,34)29-16-14-27(2)15-17-29)19-24(20)25(30)26-11-18-35-21-6-9-22(10-7-21)36(31,32)28-12-3-4-13-28/h5-10,19H,3-4,11-18H2,1-2H3,(H,26,30). The average Bonchev–Trinajstić information content (AvgIpc) is 3.43. The van der Waals surface area contributed by atoms with Crippen LogP contribution in [0.4, 0.5) is 0 Å². The molecule has 2 fully saturated rings. The molecule has 2 aromatic rings. The first kappa shape index (κ1) is 27.5. The van der Waals surface area contributed by atoms with Crippen LogP contribution in [0.15, 0.2) is 52.3 Å². The lowest BCUT2D eigenvalue weighted by Crippen LogP contribution is -2.47. The van der Waals surface area contributed by atoms with E-state index in [4.69, 9.17) is 4.74 Å². The molecule has 0 unspecified atom stereocenters. The number of piperazine rings is 1. The van der Waals surface area contributed by atoms with Crippen LogP contribution in [0.5, 0.6) is 5.75 Å². The molecule has 4 rings (SSSR count). The predicted octanol–water partition coefficient (Wildman–Crippen LogP) is 1.52. The lowest BCUT2D eigenvalue weighted by Gasteiger charge is -2.31. The molecule has 0 saturated carbocycles. The number of amides is 1. The van der Waals surface area contributed by atoms with Gasteiger partial charge in [-0.1, -0.05) is 6.07 Å². The van der Waals surface area contributed by atoms with Gasteiger partial charge in [0, 0.05) is 44.8 Å². The maximum atomic E-state index is 13.1. The maximum Gasteiger partial charge on any atom is 0.251 e. The largest absolute Gasteiger partial charge is 0.492 e. The van der Waals surface area contributed by atoms with Gasteiger partial charge < -0.3 is 15.0 Å². The zero-order valence-corrected chi connectivity index (χ0v) is 22.9. The molecule has 0 bridgehead atoms. The molecule has 0 aromatic heterocycles. The molecular formula is C25H34N4O6S2. The molecule has 1 amide bonds. The van der Waals surface area contributed by atoms with E-state index in [1.165, 1.54) is 32.9 Å².